The second kappa shape index (κ2) is 11.1. The maximum atomic E-state index is 9.46. The SMILES string of the molecule is CCNC(=NCCCc1nn(-c2ccccc2)c(N)c1C#N)NCCSC. The number of hydrogen-bond acceptors (Lipinski definition) is 5. The van der Waals surface area contributed by atoms with Crippen molar-refractivity contribution < 1.29 is 0 Å². The second-order valence-electron chi connectivity index (χ2n) is 5.85. The summed E-state index contributed by atoms with van der Waals surface area (Å²) in [6.07, 6.45) is 3.53. The van der Waals surface area contributed by atoms with E-state index in [1.165, 1.54) is 0 Å². The third-order valence-corrected chi connectivity index (χ3v) is 4.50. The molecule has 1 heterocycles. The Morgan fingerprint density at radius 1 is 1.33 bits per heavy atom. The number of benzene rings is 1. The molecule has 0 unspecified atom stereocenters. The van der Waals surface area contributed by atoms with E-state index in [0.29, 0.717) is 24.3 Å². The zero-order valence-corrected chi connectivity index (χ0v) is 16.7. The molecule has 4 N–H and O–H groups in total. The number of nitrogen functional groups attached to an aromatic ring is 1. The highest BCUT2D eigenvalue weighted by molar-refractivity contribution is 7.98. The highest BCUT2D eigenvalue weighted by Crippen LogP contribution is 2.21. The summed E-state index contributed by atoms with van der Waals surface area (Å²) in [4.78, 5) is 4.58. The zero-order chi connectivity index (χ0) is 19.5. The molecule has 0 bridgehead atoms. The number of aliphatic imine (C=N–C) groups is 1. The molecule has 0 atom stereocenters. The molecule has 27 heavy (non-hydrogen) atoms. The Morgan fingerprint density at radius 3 is 2.78 bits per heavy atom. The lowest BCUT2D eigenvalue weighted by Gasteiger charge is -2.10. The number of anilines is 1. The third kappa shape index (κ3) is 5.93. The molecule has 0 radical (unpaired) electrons. The molecule has 2 rings (SSSR count). The minimum Gasteiger partial charge on any atom is -0.382 e. The summed E-state index contributed by atoms with van der Waals surface area (Å²) >= 11 is 1.79. The van der Waals surface area contributed by atoms with Crippen LogP contribution in [0.1, 0.15) is 24.6 Å². The number of para-hydroxylation sites is 1. The van der Waals surface area contributed by atoms with Crippen molar-refractivity contribution in [1.82, 2.24) is 20.4 Å². The van der Waals surface area contributed by atoms with Gasteiger partial charge in [0, 0.05) is 25.4 Å². The van der Waals surface area contributed by atoms with Crippen molar-refractivity contribution in [3.8, 4) is 11.8 Å². The summed E-state index contributed by atoms with van der Waals surface area (Å²) < 4.78 is 1.63. The first-order valence-electron chi connectivity index (χ1n) is 9.05. The van der Waals surface area contributed by atoms with Gasteiger partial charge in [0.1, 0.15) is 17.5 Å². The first-order chi connectivity index (χ1) is 13.2. The van der Waals surface area contributed by atoms with E-state index in [4.69, 9.17) is 5.73 Å². The quantitative estimate of drug-likeness (QED) is 0.347. The molecule has 2 aromatic rings. The van der Waals surface area contributed by atoms with Crippen LogP contribution in [0.4, 0.5) is 5.82 Å². The number of aromatic nitrogens is 2. The van der Waals surface area contributed by atoms with Gasteiger partial charge in [0.15, 0.2) is 5.96 Å². The van der Waals surface area contributed by atoms with Crippen LogP contribution in [0.15, 0.2) is 35.3 Å². The number of rotatable bonds is 9. The monoisotopic (exact) mass is 385 g/mol. The molecular weight excluding hydrogens is 358 g/mol. The Hall–Kier alpha value is -2.66. The van der Waals surface area contributed by atoms with Crippen LogP contribution in [0.3, 0.4) is 0 Å². The Balaban J connectivity index is 2.01. The predicted octanol–water partition coefficient (Wildman–Crippen LogP) is 2.18. The molecule has 144 valence electrons. The molecule has 0 spiro atoms. The minimum absolute atomic E-state index is 0.384. The lowest BCUT2D eigenvalue weighted by molar-refractivity contribution is 0.763. The van der Waals surface area contributed by atoms with Gasteiger partial charge in [0.25, 0.3) is 0 Å². The van der Waals surface area contributed by atoms with E-state index in [-0.39, 0.29) is 0 Å². The summed E-state index contributed by atoms with van der Waals surface area (Å²) in [5.74, 6) is 2.24. The molecule has 1 aromatic heterocycles. The van der Waals surface area contributed by atoms with E-state index in [2.05, 4.69) is 33.0 Å². The maximum absolute atomic E-state index is 9.46. The summed E-state index contributed by atoms with van der Waals surface area (Å²) in [6, 6.07) is 11.8. The van der Waals surface area contributed by atoms with Crippen LogP contribution in [-0.2, 0) is 6.42 Å². The van der Waals surface area contributed by atoms with Gasteiger partial charge >= 0.3 is 0 Å². The molecule has 0 amide bonds. The summed E-state index contributed by atoms with van der Waals surface area (Å²) in [5.41, 5.74) is 8.15. The normalized spacial score (nSPS) is 11.2. The average Bonchev–Trinajstić information content (AvgIpc) is 3.01. The first kappa shape index (κ1) is 20.6. The maximum Gasteiger partial charge on any atom is 0.191 e. The third-order valence-electron chi connectivity index (χ3n) is 3.89. The van der Waals surface area contributed by atoms with Gasteiger partial charge in [-0.25, -0.2) is 4.68 Å². The molecule has 0 aliphatic rings. The van der Waals surface area contributed by atoms with Crippen LogP contribution in [0.5, 0.6) is 0 Å². The van der Waals surface area contributed by atoms with Gasteiger partial charge in [-0.3, -0.25) is 4.99 Å². The number of guanidine groups is 1. The summed E-state index contributed by atoms with van der Waals surface area (Å²) in [6.45, 7) is 4.40. The highest BCUT2D eigenvalue weighted by Gasteiger charge is 2.16. The molecule has 8 heteroatoms. The predicted molar refractivity (Wildman–Crippen MR) is 113 cm³/mol. The Labute approximate surface area is 165 Å². The van der Waals surface area contributed by atoms with Gasteiger partial charge in [-0.15, -0.1) is 0 Å². The van der Waals surface area contributed by atoms with Gasteiger partial charge in [-0.2, -0.15) is 22.1 Å². The smallest absolute Gasteiger partial charge is 0.191 e. The molecule has 1 aromatic carbocycles. The van der Waals surface area contributed by atoms with Gasteiger partial charge in [-0.05, 0) is 38.2 Å². The molecule has 0 saturated heterocycles. The summed E-state index contributed by atoms with van der Waals surface area (Å²) in [5, 5.41) is 20.6. The second-order valence-corrected chi connectivity index (χ2v) is 6.84. The van der Waals surface area contributed by atoms with E-state index >= 15 is 0 Å². The van der Waals surface area contributed by atoms with Gasteiger partial charge in [0.2, 0.25) is 0 Å². The van der Waals surface area contributed by atoms with Gasteiger partial charge in [0.05, 0.1) is 11.4 Å². The van der Waals surface area contributed by atoms with Gasteiger partial charge < -0.3 is 16.4 Å². The van der Waals surface area contributed by atoms with Crippen LogP contribution in [0.2, 0.25) is 0 Å². The first-order valence-corrected chi connectivity index (χ1v) is 10.4. The van der Waals surface area contributed by atoms with Crippen molar-refractivity contribution in [1.29, 1.82) is 5.26 Å². The van der Waals surface area contributed by atoms with Crippen molar-refractivity contribution in [2.75, 3.05) is 37.4 Å². The fourth-order valence-electron chi connectivity index (χ4n) is 2.59. The molecule has 0 fully saturated rings. The zero-order valence-electron chi connectivity index (χ0n) is 15.9. The van der Waals surface area contributed by atoms with Crippen LogP contribution in [0, 0.1) is 11.3 Å². The fourth-order valence-corrected chi connectivity index (χ4v) is 2.90. The number of thioether (sulfide) groups is 1. The fraction of sp³-hybridized carbons (Fsp3) is 0.421. The van der Waals surface area contributed by atoms with E-state index in [1.807, 2.05) is 37.3 Å². The van der Waals surface area contributed by atoms with Crippen LogP contribution in [0.25, 0.3) is 5.69 Å². The summed E-state index contributed by atoms with van der Waals surface area (Å²) in [7, 11) is 0. The Bertz CT molecular complexity index is 777. The lowest BCUT2D eigenvalue weighted by atomic mass is 10.1. The Morgan fingerprint density at radius 2 is 2.11 bits per heavy atom. The molecule has 0 aliphatic carbocycles. The number of nitriles is 1. The Kier molecular flexibility index (Phi) is 8.52. The van der Waals surface area contributed by atoms with E-state index in [9.17, 15) is 5.26 Å². The highest BCUT2D eigenvalue weighted by atomic mass is 32.2. The number of aryl methyl sites for hydroxylation is 1. The number of hydrogen-bond donors (Lipinski definition) is 3. The van der Waals surface area contributed by atoms with E-state index in [1.54, 1.807) is 16.4 Å². The van der Waals surface area contributed by atoms with Crippen molar-refractivity contribution in [2.24, 2.45) is 4.99 Å². The number of nitrogens with two attached hydrogens (primary N) is 1. The topological polar surface area (TPSA) is 104 Å². The van der Waals surface area contributed by atoms with Crippen LogP contribution < -0.4 is 16.4 Å². The van der Waals surface area contributed by atoms with Gasteiger partial charge in [-0.1, -0.05) is 18.2 Å². The van der Waals surface area contributed by atoms with Crippen LogP contribution >= 0.6 is 11.8 Å². The standard InChI is InChI=1S/C19H27N7S/c1-3-22-19(24-12-13-27-2)23-11-7-10-17-16(14-20)18(21)26(25-17)15-8-5-4-6-9-15/h4-6,8-9H,3,7,10-13,21H2,1-2H3,(H2,22,23,24). The largest absolute Gasteiger partial charge is 0.382 e. The number of nitrogens with one attached hydrogen (secondary N) is 2. The molecule has 0 aliphatic heterocycles. The van der Waals surface area contributed by atoms with E-state index < -0.39 is 0 Å². The number of nitrogens with zero attached hydrogens (tertiary/aromatic N) is 4. The minimum atomic E-state index is 0.384. The average molecular weight is 386 g/mol. The van der Waals surface area contributed by atoms with Crippen LogP contribution in [-0.4, -0.2) is 47.4 Å². The van der Waals surface area contributed by atoms with Crippen molar-refractivity contribution in [3.05, 3.63) is 41.6 Å². The van der Waals surface area contributed by atoms with E-state index in [0.717, 1.165) is 42.6 Å². The van der Waals surface area contributed by atoms with Crippen molar-refractivity contribution in [3.63, 3.8) is 0 Å². The lowest BCUT2D eigenvalue weighted by Crippen LogP contribution is -2.38. The molecular formula is C19H27N7S. The molecule has 0 saturated carbocycles. The van der Waals surface area contributed by atoms with Crippen molar-refractivity contribution in [2.45, 2.75) is 19.8 Å². The molecule has 7 nitrogen and oxygen atoms in total. The van der Waals surface area contributed by atoms with Crippen molar-refractivity contribution >= 4 is 23.5 Å².